The van der Waals surface area contributed by atoms with Gasteiger partial charge in [0.2, 0.25) is 0 Å². The number of benzene rings is 3. The second-order valence-electron chi connectivity index (χ2n) is 8.35. The minimum atomic E-state index is 0.284. The highest BCUT2D eigenvalue weighted by Crippen LogP contribution is 2.40. The fourth-order valence-electron chi connectivity index (χ4n) is 5.00. The van der Waals surface area contributed by atoms with Gasteiger partial charge in [0.25, 0.3) is 0 Å². The zero-order valence-corrected chi connectivity index (χ0v) is 17.5. The minimum Gasteiger partial charge on any atom is -0.385 e. The van der Waals surface area contributed by atoms with Gasteiger partial charge in [0.05, 0.1) is 6.04 Å². The molecule has 0 amide bonds. The van der Waals surface area contributed by atoms with Gasteiger partial charge in [-0.15, -0.1) is 0 Å². The second-order valence-corrected chi connectivity index (χ2v) is 8.35. The molecule has 0 spiro atoms. The van der Waals surface area contributed by atoms with E-state index in [1.54, 1.807) is 0 Å². The Labute approximate surface area is 172 Å². The van der Waals surface area contributed by atoms with Crippen molar-refractivity contribution in [2.75, 3.05) is 18.4 Å². The molecule has 3 nitrogen and oxygen atoms in total. The number of anilines is 1. The van der Waals surface area contributed by atoms with Crippen LogP contribution in [0.5, 0.6) is 0 Å². The number of hydrogen-bond donors (Lipinski definition) is 3. The number of rotatable bonds is 4. The number of H-pyrrole nitrogens is 1. The van der Waals surface area contributed by atoms with Gasteiger partial charge in [0, 0.05) is 34.7 Å². The Kier molecular flexibility index (Phi) is 4.56. The molecule has 1 aliphatic rings. The smallest absolute Gasteiger partial charge is 0.0543 e. The van der Waals surface area contributed by atoms with Crippen LogP contribution in [0.15, 0.2) is 54.6 Å². The zero-order chi connectivity index (χ0) is 20.0. The van der Waals surface area contributed by atoms with Crippen LogP contribution in [-0.2, 0) is 6.42 Å². The molecule has 0 bridgehead atoms. The molecule has 2 unspecified atom stereocenters. The predicted octanol–water partition coefficient (Wildman–Crippen LogP) is 6.05. The number of aromatic amines is 1. The van der Waals surface area contributed by atoms with Gasteiger partial charge in [-0.25, -0.2) is 0 Å². The molecule has 3 aromatic carbocycles. The molecule has 5 rings (SSSR count). The average Bonchev–Trinajstić information content (AvgIpc) is 3.11. The van der Waals surface area contributed by atoms with E-state index in [2.05, 4.69) is 91.0 Å². The molecule has 2 heterocycles. The van der Waals surface area contributed by atoms with Crippen LogP contribution in [0, 0.1) is 6.92 Å². The molecule has 3 heteroatoms. The standard InChI is InChI=1S/C26H29N3/c1-4-27-19-14-18-7-5-6-8-20(18)22(15-19)17(3)25-26-21(11-12-28-25)23-13-16(2)9-10-24(23)29-26/h5-10,13-15,17,25,27-29H,4,11-12H2,1-3H3. The molecule has 4 aromatic rings. The van der Waals surface area contributed by atoms with Gasteiger partial charge < -0.3 is 15.6 Å². The molecule has 0 saturated carbocycles. The van der Waals surface area contributed by atoms with E-state index in [-0.39, 0.29) is 6.04 Å². The molecule has 148 valence electrons. The Morgan fingerprint density at radius 3 is 2.79 bits per heavy atom. The summed E-state index contributed by atoms with van der Waals surface area (Å²) in [6, 6.07) is 20.4. The van der Waals surface area contributed by atoms with E-state index in [1.165, 1.54) is 49.7 Å². The Morgan fingerprint density at radius 1 is 1.07 bits per heavy atom. The molecule has 0 saturated heterocycles. The first kappa shape index (κ1) is 18.3. The quantitative estimate of drug-likeness (QED) is 0.401. The predicted molar refractivity (Wildman–Crippen MR) is 124 cm³/mol. The average molecular weight is 384 g/mol. The summed E-state index contributed by atoms with van der Waals surface area (Å²) in [7, 11) is 0. The maximum Gasteiger partial charge on any atom is 0.0543 e. The highest BCUT2D eigenvalue weighted by molar-refractivity contribution is 5.90. The topological polar surface area (TPSA) is 39.8 Å². The van der Waals surface area contributed by atoms with Crippen LogP contribution >= 0.6 is 0 Å². The molecule has 1 aromatic heterocycles. The Bertz CT molecular complexity index is 1190. The third-order valence-electron chi connectivity index (χ3n) is 6.41. The first-order valence-corrected chi connectivity index (χ1v) is 10.8. The van der Waals surface area contributed by atoms with Crippen molar-refractivity contribution in [3.05, 3.63) is 77.0 Å². The Hall–Kier alpha value is -2.78. The number of fused-ring (bicyclic) bond motifs is 4. The summed E-state index contributed by atoms with van der Waals surface area (Å²) in [5.41, 5.74) is 8.05. The van der Waals surface area contributed by atoms with Crippen molar-refractivity contribution < 1.29 is 0 Å². The van der Waals surface area contributed by atoms with Crippen molar-refractivity contribution in [3.63, 3.8) is 0 Å². The minimum absolute atomic E-state index is 0.284. The highest BCUT2D eigenvalue weighted by atomic mass is 15.0. The number of nitrogens with one attached hydrogen (secondary N) is 3. The summed E-state index contributed by atoms with van der Waals surface area (Å²) in [5, 5.41) is 11.4. The van der Waals surface area contributed by atoms with Crippen LogP contribution in [0.4, 0.5) is 5.69 Å². The zero-order valence-electron chi connectivity index (χ0n) is 17.5. The molecular weight excluding hydrogens is 354 g/mol. The molecule has 2 atom stereocenters. The van der Waals surface area contributed by atoms with Crippen LogP contribution in [0.25, 0.3) is 21.7 Å². The lowest BCUT2D eigenvalue weighted by Crippen LogP contribution is -2.33. The third-order valence-corrected chi connectivity index (χ3v) is 6.41. The summed E-state index contributed by atoms with van der Waals surface area (Å²) < 4.78 is 0. The first-order valence-electron chi connectivity index (χ1n) is 10.8. The number of aromatic nitrogens is 1. The Morgan fingerprint density at radius 2 is 1.93 bits per heavy atom. The summed E-state index contributed by atoms with van der Waals surface area (Å²) >= 11 is 0. The number of hydrogen-bond acceptors (Lipinski definition) is 2. The molecule has 1 aliphatic heterocycles. The summed E-state index contributed by atoms with van der Waals surface area (Å²) in [6.07, 6.45) is 1.08. The van der Waals surface area contributed by atoms with Gasteiger partial charge in [-0.05, 0) is 73.0 Å². The van der Waals surface area contributed by atoms with Crippen molar-refractivity contribution >= 4 is 27.4 Å². The molecule has 3 N–H and O–H groups in total. The van der Waals surface area contributed by atoms with Crippen molar-refractivity contribution in [3.8, 4) is 0 Å². The Balaban J connectivity index is 1.64. The van der Waals surface area contributed by atoms with Crippen LogP contribution in [0.3, 0.4) is 0 Å². The van der Waals surface area contributed by atoms with Crippen LogP contribution in [0.1, 0.15) is 48.2 Å². The van der Waals surface area contributed by atoms with Gasteiger partial charge in [-0.1, -0.05) is 42.8 Å². The molecule has 0 fully saturated rings. The monoisotopic (exact) mass is 383 g/mol. The van der Waals surface area contributed by atoms with Gasteiger partial charge >= 0.3 is 0 Å². The van der Waals surface area contributed by atoms with Crippen LogP contribution in [-0.4, -0.2) is 18.1 Å². The molecular formula is C26H29N3. The van der Waals surface area contributed by atoms with E-state index in [4.69, 9.17) is 0 Å². The maximum atomic E-state index is 3.81. The van der Waals surface area contributed by atoms with Gasteiger partial charge in [0.1, 0.15) is 0 Å². The van der Waals surface area contributed by atoms with E-state index in [0.29, 0.717) is 5.92 Å². The lowest BCUT2D eigenvalue weighted by atomic mass is 9.84. The van der Waals surface area contributed by atoms with E-state index in [1.807, 2.05) is 0 Å². The normalized spacial score (nSPS) is 17.4. The van der Waals surface area contributed by atoms with Gasteiger partial charge in [0.15, 0.2) is 0 Å². The molecule has 0 radical (unpaired) electrons. The van der Waals surface area contributed by atoms with Crippen molar-refractivity contribution in [2.45, 2.75) is 39.2 Å². The van der Waals surface area contributed by atoms with Crippen LogP contribution in [0.2, 0.25) is 0 Å². The van der Waals surface area contributed by atoms with E-state index in [9.17, 15) is 0 Å². The maximum absolute atomic E-state index is 3.81. The largest absolute Gasteiger partial charge is 0.385 e. The van der Waals surface area contributed by atoms with Crippen molar-refractivity contribution in [1.82, 2.24) is 10.3 Å². The second kappa shape index (κ2) is 7.23. The van der Waals surface area contributed by atoms with E-state index >= 15 is 0 Å². The number of aryl methyl sites for hydroxylation is 1. The SMILES string of the molecule is CCNc1cc(C(C)C2NCCc3c2[nH]c2ccc(C)cc32)c2ccccc2c1. The summed E-state index contributed by atoms with van der Waals surface area (Å²) in [4.78, 5) is 3.75. The van der Waals surface area contributed by atoms with Crippen molar-refractivity contribution in [2.24, 2.45) is 0 Å². The van der Waals surface area contributed by atoms with Crippen molar-refractivity contribution in [1.29, 1.82) is 0 Å². The van der Waals surface area contributed by atoms with E-state index in [0.717, 1.165) is 19.5 Å². The van der Waals surface area contributed by atoms with Crippen LogP contribution < -0.4 is 10.6 Å². The lowest BCUT2D eigenvalue weighted by molar-refractivity contribution is 0.440. The van der Waals surface area contributed by atoms with Gasteiger partial charge in [-0.3, -0.25) is 0 Å². The fraction of sp³-hybridized carbons (Fsp3) is 0.308. The highest BCUT2D eigenvalue weighted by Gasteiger charge is 2.30. The molecule has 0 aliphatic carbocycles. The first-order chi connectivity index (χ1) is 14.2. The third kappa shape index (κ3) is 3.10. The summed E-state index contributed by atoms with van der Waals surface area (Å²) in [5.74, 6) is 0.353. The van der Waals surface area contributed by atoms with Gasteiger partial charge in [-0.2, -0.15) is 0 Å². The molecule has 29 heavy (non-hydrogen) atoms. The fourth-order valence-corrected chi connectivity index (χ4v) is 5.00. The lowest BCUT2D eigenvalue weighted by Gasteiger charge is -2.31. The summed E-state index contributed by atoms with van der Waals surface area (Å²) in [6.45, 7) is 8.65. The van der Waals surface area contributed by atoms with E-state index < -0.39 is 0 Å².